The summed E-state index contributed by atoms with van der Waals surface area (Å²) in [6.07, 6.45) is 1.53. The van der Waals surface area contributed by atoms with E-state index in [0.29, 0.717) is 15.9 Å². The molecule has 0 aliphatic rings. The first-order valence-corrected chi connectivity index (χ1v) is 7.43. The van der Waals surface area contributed by atoms with E-state index in [0.717, 1.165) is 4.47 Å². The Hall–Kier alpha value is -1.11. The molecule has 0 fully saturated rings. The number of methoxy groups -OCH3 is 1. The van der Waals surface area contributed by atoms with Gasteiger partial charge < -0.3 is 10.1 Å². The van der Waals surface area contributed by atoms with E-state index in [1.54, 1.807) is 31.4 Å². The number of carbonyl (C=O) groups excluding carboxylic acids is 1. The number of pyridine rings is 1. The van der Waals surface area contributed by atoms with Crippen LogP contribution in [0.15, 0.2) is 39.4 Å². The fraction of sp³-hybridized carbons (Fsp3) is 0.0769. The van der Waals surface area contributed by atoms with E-state index in [1.165, 1.54) is 6.20 Å². The van der Waals surface area contributed by atoms with Crippen molar-refractivity contribution in [1.82, 2.24) is 4.98 Å². The second kappa shape index (κ2) is 6.56. The molecule has 0 aliphatic heterocycles. The molecule has 7 heteroatoms. The third-order valence-corrected chi connectivity index (χ3v) is 3.90. The van der Waals surface area contributed by atoms with E-state index in [2.05, 4.69) is 42.2 Å². The van der Waals surface area contributed by atoms with E-state index in [1.807, 2.05) is 0 Å². The van der Waals surface area contributed by atoms with Gasteiger partial charge in [-0.15, -0.1) is 0 Å². The van der Waals surface area contributed by atoms with Gasteiger partial charge in [0.2, 0.25) is 0 Å². The lowest BCUT2D eigenvalue weighted by atomic mass is 10.2. The molecular weight excluding hydrogens is 411 g/mol. The predicted molar refractivity (Wildman–Crippen MR) is 85.6 cm³/mol. The maximum Gasteiger partial charge on any atom is 0.258 e. The number of aromatic nitrogens is 1. The van der Waals surface area contributed by atoms with Gasteiger partial charge in [-0.05, 0) is 50.1 Å². The number of halogens is 3. The lowest BCUT2D eigenvalue weighted by molar-refractivity contribution is 0.102. The van der Waals surface area contributed by atoms with E-state index >= 15 is 0 Å². The van der Waals surface area contributed by atoms with Crippen LogP contribution in [-0.2, 0) is 0 Å². The van der Waals surface area contributed by atoms with Gasteiger partial charge in [0.1, 0.15) is 10.9 Å². The molecule has 0 atom stereocenters. The van der Waals surface area contributed by atoms with Crippen LogP contribution in [0.5, 0.6) is 5.75 Å². The first-order chi connectivity index (χ1) is 9.51. The minimum absolute atomic E-state index is 0.143. The molecule has 0 unspecified atom stereocenters. The van der Waals surface area contributed by atoms with Crippen molar-refractivity contribution in [3.8, 4) is 5.75 Å². The van der Waals surface area contributed by atoms with Crippen molar-refractivity contribution in [2.45, 2.75) is 0 Å². The van der Waals surface area contributed by atoms with Crippen molar-refractivity contribution >= 4 is 55.1 Å². The number of ether oxygens (including phenoxy) is 1. The number of nitrogens with one attached hydrogen (secondary N) is 1. The van der Waals surface area contributed by atoms with Crippen LogP contribution in [0, 0.1) is 0 Å². The van der Waals surface area contributed by atoms with Crippen LogP contribution >= 0.6 is 43.5 Å². The number of hydrogen-bond donors (Lipinski definition) is 1. The second-order valence-electron chi connectivity index (χ2n) is 3.79. The minimum atomic E-state index is -0.349. The Labute approximate surface area is 137 Å². The summed E-state index contributed by atoms with van der Waals surface area (Å²) < 4.78 is 6.54. The minimum Gasteiger partial charge on any atom is -0.497 e. The van der Waals surface area contributed by atoms with Gasteiger partial charge in [0, 0.05) is 21.2 Å². The monoisotopic (exact) mass is 418 g/mol. The number of amides is 1. The second-order valence-corrected chi connectivity index (χ2v) is 5.92. The Morgan fingerprint density at radius 3 is 2.80 bits per heavy atom. The number of nitrogens with zero attached hydrogens (tertiary/aromatic N) is 1. The molecule has 1 amide bonds. The topological polar surface area (TPSA) is 51.2 Å². The Morgan fingerprint density at radius 2 is 2.10 bits per heavy atom. The third kappa shape index (κ3) is 3.50. The van der Waals surface area contributed by atoms with E-state index in [4.69, 9.17) is 16.3 Å². The summed E-state index contributed by atoms with van der Waals surface area (Å²) in [5.41, 5.74) is 0.876. The molecule has 104 valence electrons. The highest BCUT2D eigenvalue weighted by Gasteiger charge is 2.14. The summed E-state index contributed by atoms with van der Waals surface area (Å²) in [5, 5.41) is 2.90. The van der Waals surface area contributed by atoms with Crippen molar-refractivity contribution in [3.05, 3.63) is 50.1 Å². The molecule has 1 aromatic heterocycles. The number of hydrogen-bond acceptors (Lipinski definition) is 3. The molecule has 0 saturated heterocycles. The quantitative estimate of drug-likeness (QED) is 0.743. The predicted octanol–water partition coefficient (Wildman–Crippen LogP) is 4.52. The van der Waals surface area contributed by atoms with Gasteiger partial charge >= 0.3 is 0 Å². The lowest BCUT2D eigenvalue weighted by Gasteiger charge is -2.10. The van der Waals surface area contributed by atoms with E-state index < -0.39 is 0 Å². The fourth-order valence-corrected chi connectivity index (χ4v) is 2.36. The average molecular weight is 420 g/mol. The Bertz CT molecular complexity index is 665. The molecule has 1 heterocycles. The maximum absolute atomic E-state index is 12.2. The van der Waals surface area contributed by atoms with Gasteiger partial charge in [-0.25, -0.2) is 4.98 Å². The highest BCUT2D eigenvalue weighted by molar-refractivity contribution is 9.10. The van der Waals surface area contributed by atoms with Crippen LogP contribution in [0.1, 0.15) is 10.4 Å². The molecule has 4 nitrogen and oxygen atoms in total. The summed E-state index contributed by atoms with van der Waals surface area (Å²) in [6.45, 7) is 0. The van der Waals surface area contributed by atoms with Gasteiger partial charge in [0.15, 0.2) is 0 Å². The maximum atomic E-state index is 12.2. The molecule has 2 aromatic rings. The van der Waals surface area contributed by atoms with Gasteiger partial charge in [0.05, 0.1) is 18.4 Å². The Morgan fingerprint density at radius 1 is 1.35 bits per heavy atom. The highest BCUT2D eigenvalue weighted by Crippen LogP contribution is 2.28. The molecule has 20 heavy (non-hydrogen) atoms. The number of rotatable bonds is 3. The fourth-order valence-electron chi connectivity index (χ4n) is 1.50. The third-order valence-electron chi connectivity index (χ3n) is 2.47. The van der Waals surface area contributed by atoms with Crippen molar-refractivity contribution in [1.29, 1.82) is 0 Å². The lowest BCUT2D eigenvalue weighted by Crippen LogP contribution is -2.13. The smallest absolute Gasteiger partial charge is 0.258 e. The number of carbonyl (C=O) groups is 1. The largest absolute Gasteiger partial charge is 0.497 e. The zero-order valence-corrected chi connectivity index (χ0v) is 14.2. The average Bonchev–Trinajstić information content (AvgIpc) is 2.43. The molecule has 0 bridgehead atoms. The van der Waals surface area contributed by atoms with Gasteiger partial charge in [-0.3, -0.25) is 4.79 Å². The Balaban J connectivity index is 2.30. The van der Waals surface area contributed by atoms with Gasteiger partial charge in [0.25, 0.3) is 5.91 Å². The van der Waals surface area contributed by atoms with Crippen LogP contribution in [0.25, 0.3) is 0 Å². The molecule has 0 saturated carbocycles. The van der Waals surface area contributed by atoms with Crippen LogP contribution in [0.2, 0.25) is 5.15 Å². The van der Waals surface area contributed by atoms with Crippen LogP contribution in [0.3, 0.4) is 0 Å². The van der Waals surface area contributed by atoms with Crippen LogP contribution < -0.4 is 10.1 Å². The molecule has 0 aliphatic carbocycles. The number of anilines is 1. The van der Waals surface area contributed by atoms with Crippen molar-refractivity contribution in [2.24, 2.45) is 0 Å². The molecule has 1 N–H and O–H groups in total. The summed E-state index contributed by atoms with van der Waals surface area (Å²) in [5.74, 6) is 0.291. The molecule has 0 radical (unpaired) electrons. The molecule has 2 rings (SSSR count). The summed E-state index contributed by atoms with van der Waals surface area (Å²) in [7, 11) is 1.56. The van der Waals surface area contributed by atoms with Crippen molar-refractivity contribution < 1.29 is 9.53 Å². The van der Waals surface area contributed by atoms with Gasteiger partial charge in [-0.1, -0.05) is 11.6 Å². The van der Waals surface area contributed by atoms with Gasteiger partial charge in [-0.2, -0.15) is 0 Å². The summed E-state index contributed by atoms with van der Waals surface area (Å²) in [6, 6.07) is 6.89. The van der Waals surface area contributed by atoms with E-state index in [-0.39, 0.29) is 16.6 Å². The normalized spacial score (nSPS) is 10.2. The first-order valence-electron chi connectivity index (χ1n) is 5.47. The van der Waals surface area contributed by atoms with Crippen LogP contribution in [0.4, 0.5) is 5.69 Å². The van der Waals surface area contributed by atoms with Crippen LogP contribution in [-0.4, -0.2) is 18.0 Å². The zero-order valence-electron chi connectivity index (χ0n) is 10.3. The Kier molecular flexibility index (Phi) is 5.01. The molecule has 0 spiro atoms. The summed E-state index contributed by atoms with van der Waals surface area (Å²) in [4.78, 5) is 16.1. The molecule has 1 aromatic carbocycles. The van der Waals surface area contributed by atoms with E-state index in [9.17, 15) is 4.79 Å². The van der Waals surface area contributed by atoms with Crippen molar-refractivity contribution in [3.63, 3.8) is 0 Å². The first kappa shape index (κ1) is 15.3. The zero-order chi connectivity index (χ0) is 14.7. The molecular formula is C13H9Br2ClN2O2. The highest BCUT2D eigenvalue weighted by atomic mass is 79.9. The summed E-state index contributed by atoms with van der Waals surface area (Å²) >= 11 is 12.5. The van der Waals surface area contributed by atoms with Crippen molar-refractivity contribution in [2.75, 3.05) is 12.4 Å². The number of benzene rings is 1. The standard InChI is InChI=1S/C13H9Br2ClN2O2/c1-20-8-2-3-10(15)11(5-8)18-13(19)9-4-7(14)6-17-12(9)16/h2-6H,1H3,(H,18,19). The SMILES string of the molecule is COc1ccc(Br)c(NC(=O)c2cc(Br)cnc2Cl)c1.